The van der Waals surface area contributed by atoms with Gasteiger partial charge >= 0.3 is 5.97 Å². The molecule has 2 unspecified atom stereocenters. The number of hydrogen-bond donors (Lipinski definition) is 2. The summed E-state index contributed by atoms with van der Waals surface area (Å²) >= 11 is 5.89. The van der Waals surface area contributed by atoms with Crippen LogP contribution in [0.25, 0.3) is 0 Å². The van der Waals surface area contributed by atoms with Gasteiger partial charge in [-0.3, -0.25) is 0 Å². The van der Waals surface area contributed by atoms with Crippen LogP contribution < -0.4 is 5.32 Å². The number of benzene rings is 1. The molecule has 94 valence electrons. The molecule has 1 aromatic carbocycles. The molecule has 17 heavy (non-hydrogen) atoms. The van der Waals surface area contributed by atoms with Crippen LogP contribution in [0.3, 0.4) is 0 Å². The van der Waals surface area contributed by atoms with Gasteiger partial charge in [0.2, 0.25) is 0 Å². The number of carboxylic acid groups (broad SMARTS) is 1. The van der Waals surface area contributed by atoms with Gasteiger partial charge in [-0.15, -0.1) is 0 Å². The molecule has 0 amide bonds. The normalized spacial score (nSPS) is 14.1. The number of carboxylic acids is 1. The lowest BCUT2D eigenvalue weighted by Gasteiger charge is -2.22. The topological polar surface area (TPSA) is 49.3 Å². The molecular formula is C13H18ClNO2. The van der Waals surface area contributed by atoms with Crippen LogP contribution in [0.1, 0.15) is 37.6 Å². The molecule has 0 spiro atoms. The third-order valence-electron chi connectivity index (χ3n) is 3.09. The van der Waals surface area contributed by atoms with Crippen molar-refractivity contribution >= 4 is 23.3 Å². The zero-order valence-electron chi connectivity index (χ0n) is 10.3. The highest BCUT2D eigenvalue weighted by Gasteiger charge is 2.15. The highest BCUT2D eigenvalue weighted by atomic mass is 35.5. The molecular weight excluding hydrogens is 238 g/mol. The van der Waals surface area contributed by atoms with Gasteiger partial charge in [-0.2, -0.15) is 0 Å². The molecule has 1 rings (SSSR count). The highest BCUT2D eigenvalue weighted by Crippen LogP contribution is 2.23. The van der Waals surface area contributed by atoms with E-state index in [0.717, 1.165) is 6.42 Å². The Bertz CT molecular complexity index is 406. The first-order chi connectivity index (χ1) is 7.95. The minimum absolute atomic E-state index is 0.205. The molecule has 0 fully saturated rings. The molecule has 4 heteroatoms. The summed E-state index contributed by atoms with van der Waals surface area (Å²) in [5.74, 6) is -0.476. The molecule has 0 saturated heterocycles. The average Bonchev–Trinajstić information content (AvgIpc) is 2.27. The summed E-state index contributed by atoms with van der Waals surface area (Å²) in [6.07, 6.45) is 1.04. The molecule has 0 heterocycles. The van der Waals surface area contributed by atoms with Crippen LogP contribution in [0.15, 0.2) is 18.2 Å². The van der Waals surface area contributed by atoms with Crippen LogP contribution in [0.5, 0.6) is 0 Å². The predicted molar refractivity (Wildman–Crippen MR) is 71.0 cm³/mol. The molecule has 0 radical (unpaired) electrons. The van der Waals surface area contributed by atoms with Crippen molar-refractivity contribution in [1.82, 2.24) is 0 Å². The van der Waals surface area contributed by atoms with E-state index in [1.807, 2.05) is 6.92 Å². The van der Waals surface area contributed by atoms with E-state index in [2.05, 4.69) is 19.2 Å². The largest absolute Gasteiger partial charge is 0.478 e. The Hall–Kier alpha value is -1.22. The number of carbonyl (C=O) groups is 1. The summed E-state index contributed by atoms with van der Waals surface area (Å²) in [6.45, 7) is 6.28. The Morgan fingerprint density at radius 2 is 2.12 bits per heavy atom. The third-order valence-corrected chi connectivity index (χ3v) is 3.33. The van der Waals surface area contributed by atoms with E-state index in [4.69, 9.17) is 16.7 Å². The highest BCUT2D eigenvalue weighted by molar-refractivity contribution is 6.31. The van der Waals surface area contributed by atoms with Crippen molar-refractivity contribution in [3.8, 4) is 0 Å². The fourth-order valence-electron chi connectivity index (χ4n) is 1.56. The van der Waals surface area contributed by atoms with Crippen molar-refractivity contribution in [3.63, 3.8) is 0 Å². The summed E-state index contributed by atoms with van der Waals surface area (Å²) in [7, 11) is 0. The summed E-state index contributed by atoms with van der Waals surface area (Å²) in [5, 5.41) is 12.8. The lowest BCUT2D eigenvalue weighted by molar-refractivity contribution is 0.0698. The van der Waals surface area contributed by atoms with E-state index < -0.39 is 5.97 Å². The van der Waals surface area contributed by atoms with Gasteiger partial charge in [0, 0.05) is 11.1 Å². The zero-order valence-corrected chi connectivity index (χ0v) is 11.1. The minimum Gasteiger partial charge on any atom is -0.478 e. The van der Waals surface area contributed by atoms with E-state index >= 15 is 0 Å². The van der Waals surface area contributed by atoms with Crippen LogP contribution in [0.2, 0.25) is 5.02 Å². The predicted octanol–water partition coefficient (Wildman–Crippen LogP) is 3.88. The van der Waals surface area contributed by atoms with Crippen molar-refractivity contribution in [2.75, 3.05) is 5.32 Å². The lowest BCUT2D eigenvalue weighted by Crippen LogP contribution is -2.24. The van der Waals surface area contributed by atoms with Gasteiger partial charge in [0.25, 0.3) is 0 Å². The Morgan fingerprint density at radius 1 is 1.47 bits per heavy atom. The maximum Gasteiger partial charge on any atom is 0.337 e. The minimum atomic E-state index is -0.944. The fraction of sp³-hybridized carbons (Fsp3) is 0.462. The molecule has 0 bridgehead atoms. The van der Waals surface area contributed by atoms with E-state index in [0.29, 0.717) is 16.6 Å². The number of halogens is 1. The van der Waals surface area contributed by atoms with Crippen LogP contribution in [0, 0.1) is 5.92 Å². The summed E-state index contributed by atoms with van der Waals surface area (Å²) in [4.78, 5) is 11.1. The molecule has 0 saturated carbocycles. The van der Waals surface area contributed by atoms with Gasteiger partial charge in [-0.05, 0) is 31.0 Å². The van der Waals surface area contributed by atoms with Crippen LogP contribution >= 0.6 is 11.6 Å². The maximum atomic E-state index is 11.1. The first kappa shape index (κ1) is 13.8. The summed E-state index contributed by atoms with van der Waals surface area (Å²) in [6, 6.07) is 4.97. The first-order valence-corrected chi connectivity index (χ1v) is 6.12. The van der Waals surface area contributed by atoms with Crippen molar-refractivity contribution in [3.05, 3.63) is 28.8 Å². The Kier molecular flexibility index (Phi) is 4.82. The number of nitrogens with one attached hydrogen (secondary N) is 1. The van der Waals surface area contributed by atoms with Crippen molar-refractivity contribution < 1.29 is 9.90 Å². The molecule has 2 atom stereocenters. The second kappa shape index (κ2) is 5.92. The fourth-order valence-corrected chi connectivity index (χ4v) is 1.74. The van der Waals surface area contributed by atoms with Gasteiger partial charge in [-0.1, -0.05) is 31.9 Å². The first-order valence-electron chi connectivity index (χ1n) is 5.75. The standard InChI is InChI=1S/C13H18ClNO2/c1-4-8(2)9(3)15-12-7-10(14)5-6-11(12)13(16)17/h5-9,15H,4H2,1-3H3,(H,16,17). The quantitative estimate of drug-likeness (QED) is 0.839. The zero-order chi connectivity index (χ0) is 13.0. The van der Waals surface area contributed by atoms with Gasteiger partial charge in [0.1, 0.15) is 0 Å². The molecule has 3 nitrogen and oxygen atoms in total. The molecule has 0 aliphatic carbocycles. The molecule has 0 aromatic heterocycles. The van der Waals surface area contributed by atoms with E-state index in [-0.39, 0.29) is 11.6 Å². The Labute approximate surface area is 107 Å². The van der Waals surface area contributed by atoms with Crippen LogP contribution in [-0.4, -0.2) is 17.1 Å². The SMILES string of the molecule is CCC(C)C(C)Nc1cc(Cl)ccc1C(=O)O. The number of aromatic carboxylic acids is 1. The lowest BCUT2D eigenvalue weighted by atomic mass is 10.00. The van der Waals surface area contributed by atoms with Gasteiger partial charge in [-0.25, -0.2) is 4.79 Å². The van der Waals surface area contributed by atoms with Crippen LogP contribution in [-0.2, 0) is 0 Å². The van der Waals surface area contributed by atoms with Gasteiger partial charge < -0.3 is 10.4 Å². The molecule has 1 aromatic rings. The molecule has 0 aliphatic rings. The average molecular weight is 256 g/mol. The monoisotopic (exact) mass is 255 g/mol. The van der Waals surface area contributed by atoms with Gasteiger partial charge in [0.05, 0.1) is 11.3 Å². The second-order valence-corrected chi connectivity index (χ2v) is 4.75. The third kappa shape index (κ3) is 3.63. The van der Waals surface area contributed by atoms with E-state index in [1.54, 1.807) is 12.1 Å². The summed E-state index contributed by atoms with van der Waals surface area (Å²) < 4.78 is 0. The maximum absolute atomic E-state index is 11.1. The Morgan fingerprint density at radius 3 is 2.65 bits per heavy atom. The van der Waals surface area contributed by atoms with Crippen LogP contribution in [0.4, 0.5) is 5.69 Å². The smallest absolute Gasteiger partial charge is 0.337 e. The molecule has 2 N–H and O–H groups in total. The van der Waals surface area contributed by atoms with E-state index in [9.17, 15) is 4.79 Å². The van der Waals surface area contributed by atoms with Crippen molar-refractivity contribution in [2.45, 2.75) is 33.2 Å². The summed E-state index contributed by atoms with van der Waals surface area (Å²) in [5.41, 5.74) is 0.836. The number of hydrogen-bond acceptors (Lipinski definition) is 2. The second-order valence-electron chi connectivity index (χ2n) is 4.31. The van der Waals surface area contributed by atoms with Crippen molar-refractivity contribution in [2.24, 2.45) is 5.92 Å². The van der Waals surface area contributed by atoms with E-state index in [1.165, 1.54) is 6.07 Å². The van der Waals surface area contributed by atoms with Crippen molar-refractivity contribution in [1.29, 1.82) is 0 Å². The molecule has 0 aliphatic heterocycles. The number of rotatable bonds is 5. The number of anilines is 1. The Balaban J connectivity index is 2.96. The van der Waals surface area contributed by atoms with Gasteiger partial charge in [0.15, 0.2) is 0 Å².